The molecule has 2 atom stereocenters. The van der Waals surface area contributed by atoms with Crippen molar-refractivity contribution in [2.45, 2.75) is 37.3 Å². The number of carbonyl (C=O) groups excluding carboxylic acids is 1. The molecule has 0 unspecified atom stereocenters. The zero-order chi connectivity index (χ0) is 26.0. The first-order valence-corrected chi connectivity index (χ1v) is 12.5. The van der Waals surface area contributed by atoms with Crippen molar-refractivity contribution in [2.24, 2.45) is 0 Å². The molecule has 2 aliphatic rings. The highest BCUT2D eigenvalue weighted by atomic mass is 19.3. The number of aliphatic hydroxyl groups excluding tert-OH is 1. The minimum absolute atomic E-state index is 0.0119. The highest BCUT2D eigenvalue weighted by molar-refractivity contribution is 5.84. The van der Waals surface area contributed by atoms with Gasteiger partial charge in [0, 0.05) is 13.0 Å². The number of fused-ring (bicyclic) bond motifs is 2. The number of aryl methyl sites for hydroxylation is 1. The van der Waals surface area contributed by atoms with E-state index in [2.05, 4.69) is 5.32 Å². The lowest BCUT2D eigenvalue weighted by atomic mass is 9.98. The monoisotopic (exact) mass is 514 g/mol. The molecule has 0 saturated carbocycles. The van der Waals surface area contributed by atoms with Gasteiger partial charge in [0.1, 0.15) is 19.3 Å². The van der Waals surface area contributed by atoms with Crippen molar-refractivity contribution >= 4 is 16.7 Å². The largest absolute Gasteiger partial charge is 0.486 e. The number of nitrogens with one attached hydrogen (secondary N) is 1. The molecule has 0 spiro atoms. The van der Waals surface area contributed by atoms with Crippen molar-refractivity contribution < 1.29 is 32.5 Å². The first-order chi connectivity index (χ1) is 17.8. The third-order valence-corrected chi connectivity index (χ3v) is 6.94. The van der Waals surface area contributed by atoms with E-state index in [0.29, 0.717) is 5.56 Å². The van der Waals surface area contributed by atoms with Crippen molar-refractivity contribution in [3.05, 3.63) is 71.5 Å². The maximum atomic E-state index is 15.0. The van der Waals surface area contributed by atoms with E-state index in [1.54, 1.807) is 6.07 Å². The molecule has 6 nitrogen and oxygen atoms in total. The lowest BCUT2D eigenvalue weighted by Gasteiger charge is -2.36. The second-order valence-corrected chi connectivity index (χ2v) is 9.59. The number of likely N-dealkylation sites (tertiary alicyclic amines) is 1. The lowest BCUT2D eigenvalue weighted by Crippen LogP contribution is -2.54. The summed E-state index contributed by atoms with van der Waals surface area (Å²) in [5, 5.41) is 15.3. The summed E-state index contributed by atoms with van der Waals surface area (Å²) in [6.45, 7) is 2.04. The van der Waals surface area contributed by atoms with E-state index in [1.807, 2.05) is 41.3 Å². The zero-order valence-corrected chi connectivity index (χ0v) is 20.3. The maximum Gasteiger partial charge on any atom is 0.324 e. The van der Waals surface area contributed by atoms with Gasteiger partial charge < -0.3 is 24.8 Å². The minimum Gasteiger partial charge on any atom is -0.486 e. The van der Waals surface area contributed by atoms with Gasteiger partial charge in [-0.15, -0.1) is 0 Å². The van der Waals surface area contributed by atoms with Crippen LogP contribution in [0.25, 0.3) is 10.8 Å². The quantitative estimate of drug-likeness (QED) is 0.447. The molecular formula is C28H29F3N2O4. The van der Waals surface area contributed by atoms with Crippen LogP contribution in [0.2, 0.25) is 0 Å². The Morgan fingerprint density at radius 2 is 1.81 bits per heavy atom. The molecule has 1 fully saturated rings. The average Bonchev–Trinajstić information content (AvgIpc) is 2.88. The number of nitrogens with zero attached hydrogens (tertiary/aromatic N) is 1. The number of halogens is 3. The van der Waals surface area contributed by atoms with Crippen molar-refractivity contribution in [3.8, 4) is 11.5 Å². The number of rotatable bonds is 9. The average molecular weight is 515 g/mol. The molecule has 37 heavy (non-hydrogen) atoms. The molecule has 196 valence electrons. The van der Waals surface area contributed by atoms with Gasteiger partial charge in [-0.25, -0.2) is 4.39 Å². The van der Waals surface area contributed by atoms with Gasteiger partial charge in [-0.3, -0.25) is 4.79 Å². The van der Waals surface area contributed by atoms with Crippen LogP contribution in [0.5, 0.6) is 11.5 Å². The molecule has 2 N–H and O–H groups in total. The Hall–Kier alpha value is -3.30. The molecule has 5 rings (SSSR count). The number of carbonyl (C=O) groups is 1. The van der Waals surface area contributed by atoms with Gasteiger partial charge in [-0.1, -0.05) is 42.5 Å². The van der Waals surface area contributed by atoms with Crippen molar-refractivity contribution in [1.29, 1.82) is 0 Å². The molecule has 2 aliphatic heterocycles. The fourth-order valence-corrected chi connectivity index (χ4v) is 4.68. The first kappa shape index (κ1) is 25.4. The van der Waals surface area contributed by atoms with Gasteiger partial charge >= 0.3 is 5.92 Å². The van der Waals surface area contributed by atoms with Crippen LogP contribution in [0.1, 0.15) is 30.1 Å². The summed E-state index contributed by atoms with van der Waals surface area (Å²) >= 11 is 0. The number of hydrogen-bond donors (Lipinski definition) is 2. The molecule has 0 radical (unpaired) electrons. The van der Waals surface area contributed by atoms with Crippen molar-refractivity contribution in [3.63, 3.8) is 0 Å². The second-order valence-electron chi connectivity index (χ2n) is 9.59. The maximum absolute atomic E-state index is 15.0. The number of amides is 1. The van der Waals surface area contributed by atoms with Gasteiger partial charge in [0.05, 0.1) is 6.04 Å². The SMILES string of the molecule is O=C(N[C@H](CN1CCC1)[C@H](O)c1cc(F)c2c(c1)OCCO2)C(F)(F)CCc1ccc2ccccc2c1. The molecule has 3 aromatic carbocycles. The second kappa shape index (κ2) is 10.6. The van der Waals surface area contributed by atoms with Gasteiger partial charge in [-0.05, 0) is 60.0 Å². The number of aliphatic hydroxyl groups is 1. The Bertz CT molecular complexity index is 1280. The van der Waals surface area contributed by atoms with E-state index in [-0.39, 0.29) is 43.2 Å². The summed E-state index contributed by atoms with van der Waals surface area (Å²) < 4.78 is 55.2. The Balaban J connectivity index is 1.29. The molecule has 1 saturated heterocycles. The molecule has 1 amide bonds. The zero-order valence-electron chi connectivity index (χ0n) is 20.3. The number of hydrogen-bond acceptors (Lipinski definition) is 5. The fraction of sp³-hybridized carbons (Fsp3) is 0.393. The topological polar surface area (TPSA) is 71.0 Å². The summed E-state index contributed by atoms with van der Waals surface area (Å²) in [4.78, 5) is 14.7. The van der Waals surface area contributed by atoms with Crippen LogP contribution in [-0.2, 0) is 11.2 Å². The summed E-state index contributed by atoms with van der Waals surface area (Å²) in [5.74, 6) is -5.76. The summed E-state index contributed by atoms with van der Waals surface area (Å²) in [7, 11) is 0. The predicted octanol–water partition coefficient (Wildman–Crippen LogP) is 4.24. The molecule has 2 heterocycles. The number of benzene rings is 3. The van der Waals surface area contributed by atoms with Crippen LogP contribution >= 0.6 is 0 Å². The Kier molecular flexibility index (Phi) is 7.26. The van der Waals surface area contributed by atoms with Crippen LogP contribution < -0.4 is 14.8 Å². The fourth-order valence-electron chi connectivity index (χ4n) is 4.68. The first-order valence-electron chi connectivity index (χ1n) is 12.5. The Labute approximate surface area is 213 Å². The summed E-state index contributed by atoms with van der Waals surface area (Å²) in [6.07, 6.45) is -1.15. The van der Waals surface area contributed by atoms with E-state index in [4.69, 9.17) is 9.47 Å². The van der Waals surface area contributed by atoms with E-state index >= 15 is 0 Å². The van der Waals surface area contributed by atoms with Crippen LogP contribution in [0.4, 0.5) is 13.2 Å². The predicted molar refractivity (Wildman–Crippen MR) is 133 cm³/mol. The third kappa shape index (κ3) is 5.67. The highest BCUT2D eigenvalue weighted by Crippen LogP contribution is 2.36. The third-order valence-electron chi connectivity index (χ3n) is 6.94. The van der Waals surface area contributed by atoms with Crippen LogP contribution in [-0.4, -0.2) is 60.7 Å². The lowest BCUT2D eigenvalue weighted by molar-refractivity contribution is -0.148. The van der Waals surface area contributed by atoms with Crippen molar-refractivity contribution in [2.75, 3.05) is 32.8 Å². The normalized spacial score (nSPS) is 17.2. The van der Waals surface area contributed by atoms with Gasteiger partial charge in [0.15, 0.2) is 17.3 Å². The standard InChI is InChI=1S/C28H29F3N2O4/c29-22-15-21(16-24-26(22)37-13-12-36-24)25(34)23(17-33-10-3-11-33)32-27(35)28(30,31)9-8-18-6-7-19-4-1-2-5-20(19)14-18/h1-2,4-7,14-16,23,25,34H,3,8-13,17H2,(H,32,35)/t23-,25-/m1/s1. The van der Waals surface area contributed by atoms with Crippen LogP contribution in [0.3, 0.4) is 0 Å². The Morgan fingerprint density at radius 3 is 2.57 bits per heavy atom. The molecule has 3 aromatic rings. The van der Waals surface area contributed by atoms with Gasteiger partial charge in [0.2, 0.25) is 0 Å². The van der Waals surface area contributed by atoms with Gasteiger partial charge in [0.25, 0.3) is 5.91 Å². The van der Waals surface area contributed by atoms with Crippen LogP contribution in [0.15, 0.2) is 54.6 Å². The van der Waals surface area contributed by atoms with E-state index in [9.17, 15) is 23.1 Å². The van der Waals surface area contributed by atoms with Crippen LogP contribution in [0, 0.1) is 5.82 Å². The van der Waals surface area contributed by atoms with E-state index < -0.39 is 36.2 Å². The Morgan fingerprint density at radius 1 is 1.05 bits per heavy atom. The smallest absolute Gasteiger partial charge is 0.324 e. The number of alkyl halides is 2. The molecule has 9 heteroatoms. The number of ether oxygens (including phenoxy) is 2. The summed E-state index contributed by atoms with van der Waals surface area (Å²) in [5.41, 5.74) is 0.821. The molecule has 0 aliphatic carbocycles. The van der Waals surface area contributed by atoms with E-state index in [1.165, 1.54) is 6.07 Å². The molecule has 0 aromatic heterocycles. The molecular weight excluding hydrogens is 485 g/mol. The van der Waals surface area contributed by atoms with E-state index in [0.717, 1.165) is 36.3 Å². The minimum atomic E-state index is -3.66. The molecule has 0 bridgehead atoms. The van der Waals surface area contributed by atoms with Gasteiger partial charge in [-0.2, -0.15) is 8.78 Å². The summed E-state index contributed by atoms with van der Waals surface area (Å²) in [6, 6.07) is 14.6. The van der Waals surface area contributed by atoms with Crippen molar-refractivity contribution in [1.82, 2.24) is 10.2 Å². The highest BCUT2D eigenvalue weighted by Gasteiger charge is 2.41.